The lowest BCUT2D eigenvalue weighted by molar-refractivity contribution is -0.116. The first-order valence-corrected chi connectivity index (χ1v) is 6.83. The molecule has 2 aromatic rings. The summed E-state index contributed by atoms with van der Waals surface area (Å²) < 4.78 is 14.1. The third-order valence-electron chi connectivity index (χ3n) is 3.61. The first-order chi connectivity index (χ1) is 10.1. The van der Waals surface area contributed by atoms with Crippen LogP contribution in [-0.4, -0.2) is 5.91 Å². The summed E-state index contributed by atoms with van der Waals surface area (Å²) >= 11 is 0. The Labute approximate surface area is 122 Å². The van der Waals surface area contributed by atoms with Gasteiger partial charge in [-0.3, -0.25) is 4.79 Å². The molecule has 0 aliphatic carbocycles. The molecule has 0 bridgehead atoms. The number of fused-ring (bicyclic) bond motifs is 1. The molecule has 4 nitrogen and oxygen atoms in total. The van der Waals surface area contributed by atoms with Gasteiger partial charge in [0.25, 0.3) is 0 Å². The van der Waals surface area contributed by atoms with E-state index in [-0.39, 0.29) is 11.7 Å². The summed E-state index contributed by atoms with van der Waals surface area (Å²) in [5.74, 6) is -0.355. The SMILES string of the molecule is Nc1ccccc1CNc1cc2c(cc1F)CCC(=O)N2. The van der Waals surface area contributed by atoms with Crippen molar-refractivity contribution in [1.29, 1.82) is 0 Å². The van der Waals surface area contributed by atoms with Crippen LogP contribution in [0, 0.1) is 5.82 Å². The molecule has 21 heavy (non-hydrogen) atoms. The normalized spacial score (nSPS) is 13.5. The lowest BCUT2D eigenvalue weighted by Crippen LogP contribution is -2.19. The number of anilines is 3. The molecular weight excluding hydrogens is 269 g/mol. The Morgan fingerprint density at radius 2 is 2.05 bits per heavy atom. The van der Waals surface area contributed by atoms with Crippen molar-refractivity contribution >= 4 is 23.0 Å². The van der Waals surface area contributed by atoms with Crippen LogP contribution in [0.3, 0.4) is 0 Å². The Kier molecular flexibility index (Phi) is 3.48. The molecule has 0 aromatic heterocycles. The minimum atomic E-state index is -0.320. The summed E-state index contributed by atoms with van der Waals surface area (Å²) in [6.07, 6.45) is 0.976. The number of nitrogens with two attached hydrogens (primary N) is 1. The van der Waals surface area contributed by atoms with Gasteiger partial charge in [-0.05, 0) is 35.7 Å². The number of carbonyl (C=O) groups excluding carboxylic acids is 1. The Morgan fingerprint density at radius 3 is 2.86 bits per heavy atom. The molecule has 0 saturated carbocycles. The third kappa shape index (κ3) is 2.81. The quantitative estimate of drug-likeness (QED) is 0.760. The molecular formula is C16H16FN3O. The van der Waals surface area contributed by atoms with Crippen LogP contribution in [0.25, 0.3) is 0 Å². The molecule has 1 heterocycles. The smallest absolute Gasteiger partial charge is 0.224 e. The molecule has 0 radical (unpaired) electrons. The standard InChI is InChI=1S/C16H16FN3O/c17-12-7-10-5-6-16(21)20-14(10)8-15(12)19-9-11-3-1-2-4-13(11)18/h1-4,7-8,19H,5-6,9,18H2,(H,20,21). The van der Waals surface area contributed by atoms with Gasteiger partial charge < -0.3 is 16.4 Å². The van der Waals surface area contributed by atoms with Crippen LogP contribution in [-0.2, 0) is 17.8 Å². The fourth-order valence-electron chi connectivity index (χ4n) is 2.42. The fraction of sp³-hybridized carbons (Fsp3) is 0.188. The zero-order chi connectivity index (χ0) is 14.8. The monoisotopic (exact) mass is 285 g/mol. The molecule has 4 N–H and O–H groups in total. The Bertz CT molecular complexity index is 700. The number of amides is 1. The van der Waals surface area contributed by atoms with Gasteiger partial charge >= 0.3 is 0 Å². The highest BCUT2D eigenvalue weighted by Gasteiger charge is 2.17. The minimum Gasteiger partial charge on any atom is -0.398 e. The average Bonchev–Trinajstić information content (AvgIpc) is 2.47. The van der Waals surface area contributed by atoms with E-state index in [0.717, 1.165) is 11.1 Å². The summed E-state index contributed by atoms with van der Waals surface area (Å²) in [4.78, 5) is 11.4. The van der Waals surface area contributed by atoms with E-state index in [0.29, 0.717) is 36.4 Å². The first kappa shape index (κ1) is 13.4. The van der Waals surface area contributed by atoms with E-state index in [1.807, 2.05) is 18.2 Å². The predicted octanol–water partition coefficient (Wildman–Crippen LogP) is 2.90. The first-order valence-electron chi connectivity index (χ1n) is 6.83. The van der Waals surface area contributed by atoms with Crippen LogP contribution >= 0.6 is 0 Å². The minimum absolute atomic E-state index is 0.0349. The van der Waals surface area contributed by atoms with Crippen LogP contribution in [0.1, 0.15) is 17.5 Å². The van der Waals surface area contributed by atoms with E-state index < -0.39 is 0 Å². The maximum atomic E-state index is 14.1. The molecule has 1 amide bonds. The van der Waals surface area contributed by atoms with Crippen LogP contribution in [0.4, 0.5) is 21.5 Å². The van der Waals surface area contributed by atoms with Crippen molar-refractivity contribution in [3.8, 4) is 0 Å². The van der Waals surface area contributed by atoms with E-state index in [1.54, 1.807) is 12.1 Å². The van der Waals surface area contributed by atoms with Gasteiger partial charge in [-0.15, -0.1) is 0 Å². The maximum absolute atomic E-state index is 14.1. The molecule has 0 fully saturated rings. The van der Waals surface area contributed by atoms with Crippen LogP contribution in [0.5, 0.6) is 0 Å². The van der Waals surface area contributed by atoms with Gasteiger partial charge in [-0.2, -0.15) is 0 Å². The lowest BCUT2D eigenvalue weighted by atomic mass is 10.0. The van der Waals surface area contributed by atoms with Crippen molar-refractivity contribution in [2.75, 3.05) is 16.4 Å². The summed E-state index contributed by atoms with van der Waals surface area (Å²) in [6, 6.07) is 10.6. The van der Waals surface area contributed by atoms with E-state index >= 15 is 0 Å². The second-order valence-electron chi connectivity index (χ2n) is 5.09. The summed E-state index contributed by atoms with van der Waals surface area (Å²) in [5, 5.41) is 5.80. The number of aryl methyl sites for hydroxylation is 1. The molecule has 5 heteroatoms. The van der Waals surface area contributed by atoms with Gasteiger partial charge in [0.1, 0.15) is 5.82 Å². The highest BCUT2D eigenvalue weighted by Crippen LogP contribution is 2.29. The number of para-hydroxylation sites is 1. The highest BCUT2D eigenvalue weighted by molar-refractivity contribution is 5.94. The summed E-state index contributed by atoms with van der Waals surface area (Å²) in [7, 11) is 0. The van der Waals surface area contributed by atoms with Crippen molar-refractivity contribution in [2.45, 2.75) is 19.4 Å². The van der Waals surface area contributed by atoms with Crippen molar-refractivity contribution in [3.05, 3.63) is 53.3 Å². The lowest BCUT2D eigenvalue weighted by Gasteiger charge is -2.19. The number of carbonyl (C=O) groups is 1. The number of hydrogen-bond donors (Lipinski definition) is 3. The predicted molar refractivity (Wildman–Crippen MR) is 81.5 cm³/mol. The Balaban J connectivity index is 1.81. The zero-order valence-corrected chi connectivity index (χ0v) is 11.4. The molecule has 0 atom stereocenters. The van der Waals surface area contributed by atoms with E-state index in [4.69, 9.17) is 5.73 Å². The van der Waals surface area contributed by atoms with Gasteiger partial charge in [0.05, 0.1) is 5.69 Å². The van der Waals surface area contributed by atoms with Crippen molar-refractivity contribution in [3.63, 3.8) is 0 Å². The van der Waals surface area contributed by atoms with E-state index in [9.17, 15) is 9.18 Å². The second kappa shape index (κ2) is 5.44. The molecule has 2 aromatic carbocycles. The van der Waals surface area contributed by atoms with Crippen molar-refractivity contribution in [2.24, 2.45) is 0 Å². The van der Waals surface area contributed by atoms with E-state index in [2.05, 4.69) is 10.6 Å². The van der Waals surface area contributed by atoms with Gasteiger partial charge in [0.15, 0.2) is 0 Å². The molecule has 0 unspecified atom stereocenters. The van der Waals surface area contributed by atoms with Crippen molar-refractivity contribution < 1.29 is 9.18 Å². The molecule has 1 aliphatic heterocycles. The molecule has 108 valence electrons. The van der Waals surface area contributed by atoms with Crippen LogP contribution < -0.4 is 16.4 Å². The largest absolute Gasteiger partial charge is 0.398 e. The number of hydrogen-bond acceptors (Lipinski definition) is 3. The third-order valence-corrected chi connectivity index (χ3v) is 3.61. The highest BCUT2D eigenvalue weighted by atomic mass is 19.1. The van der Waals surface area contributed by atoms with Crippen molar-refractivity contribution in [1.82, 2.24) is 0 Å². The number of benzene rings is 2. The van der Waals surface area contributed by atoms with Gasteiger partial charge in [-0.25, -0.2) is 4.39 Å². The molecule has 0 spiro atoms. The Hall–Kier alpha value is -2.56. The molecule has 0 saturated heterocycles. The van der Waals surface area contributed by atoms with Gasteiger partial charge in [0.2, 0.25) is 5.91 Å². The molecule has 1 aliphatic rings. The number of nitrogen functional groups attached to an aromatic ring is 1. The number of nitrogens with one attached hydrogen (secondary N) is 2. The second-order valence-corrected chi connectivity index (χ2v) is 5.09. The summed E-state index contributed by atoms with van der Waals surface area (Å²) in [5.41, 5.74) is 9.29. The summed E-state index contributed by atoms with van der Waals surface area (Å²) in [6.45, 7) is 0.427. The van der Waals surface area contributed by atoms with Crippen LogP contribution in [0.15, 0.2) is 36.4 Å². The van der Waals surface area contributed by atoms with E-state index in [1.165, 1.54) is 6.07 Å². The molecule has 3 rings (SSSR count). The maximum Gasteiger partial charge on any atom is 0.224 e. The number of halogens is 1. The fourth-order valence-corrected chi connectivity index (χ4v) is 2.42. The van der Waals surface area contributed by atoms with Gasteiger partial charge in [0, 0.05) is 24.3 Å². The van der Waals surface area contributed by atoms with Crippen LogP contribution in [0.2, 0.25) is 0 Å². The van der Waals surface area contributed by atoms with Gasteiger partial charge in [-0.1, -0.05) is 18.2 Å². The zero-order valence-electron chi connectivity index (χ0n) is 11.4. The number of rotatable bonds is 3. The Morgan fingerprint density at radius 1 is 1.24 bits per heavy atom. The average molecular weight is 285 g/mol. The topological polar surface area (TPSA) is 67.1 Å².